The Morgan fingerprint density at radius 3 is 2.57 bits per heavy atom. The van der Waals surface area contributed by atoms with Crippen molar-refractivity contribution in [2.75, 3.05) is 47.1 Å². The van der Waals surface area contributed by atoms with Gasteiger partial charge in [0, 0.05) is 32.9 Å². The van der Waals surface area contributed by atoms with Crippen LogP contribution in [0.1, 0.15) is 39.0 Å². The number of halogens is 1. The number of ether oxygens (including phenoxy) is 3. The highest BCUT2D eigenvalue weighted by atomic mass is 127. The number of aliphatic imine (C=N–C) groups is 1. The normalized spacial score (nSPS) is 15.6. The van der Waals surface area contributed by atoms with Gasteiger partial charge in [0.25, 0.3) is 0 Å². The van der Waals surface area contributed by atoms with Crippen LogP contribution in [0.4, 0.5) is 0 Å². The van der Waals surface area contributed by atoms with E-state index in [1.807, 2.05) is 24.3 Å². The molecule has 28 heavy (non-hydrogen) atoms. The van der Waals surface area contributed by atoms with Crippen molar-refractivity contribution in [3.8, 4) is 11.5 Å². The Balaban J connectivity index is 0.00000392. The van der Waals surface area contributed by atoms with Crippen LogP contribution in [0.2, 0.25) is 0 Å². The van der Waals surface area contributed by atoms with Crippen LogP contribution in [0, 0.1) is 5.41 Å². The van der Waals surface area contributed by atoms with Crippen LogP contribution in [-0.4, -0.2) is 53.0 Å². The summed E-state index contributed by atoms with van der Waals surface area (Å²) in [7, 11) is 3.46. The molecule has 160 valence electrons. The topological polar surface area (TPSA) is 64.1 Å². The van der Waals surface area contributed by atoms with Crippen molar-refractivity contribution in [1.29, 1.82) is 0 Å². The van der Waals surface area contributed by atoms with Gasteiger partial charge in [0.05, 0.1) is 13.7 Å². The van der Waals surface area contributed by atoms with Crippen LogP contribution in [0.25, 0.3) is 0 Å². The molecule has 1 saturated carbocycles. The molecule has 2 rings (SSSR count). The largest absolute Gasteiger partial charge is 0.497 e. The first-order valence-electron chi connectivity index (χ1n) is 10.0. The summed E-state index contributed by atoms with van der Waals surface area (Å²) in [5.74, 6) is 2.43. The Kier molecular flexibility index (Phi) is 12.3. The molecule has 1 fully saturated rings. The standard InChI is InChI=1S/C21H35N3O3.HI/c1-4-26-14-12-21(10-5-6-11-21)17-24-20(22-2)23-13-15-27-19-9-7-8-18(16-19)25-3;/h7-9,16H,4-6,10-15,17H2,1-3H3,(H2,22,23,24);1H. The zero-order chi connectivity index (χ0) is 19.4. The van der Waals surface area contributed by atoms with Crippen molar-refractivity contribution in [3.63, 3.8) is 0 Å². The fourth-order valence-electron chi connectivity index (χ4n) is 3.59. The van der Waals surface area contributed by atoms with Gasteiger partial charge in [0.1, 0.15) is 18.1 Å². The van der Waals surface area contributed by atoms with Crippen molar-refractivity contribution in [2.45, 2.75) is 39.0 Å². The lowest BCUT2D eigenvalue weighted by atomic mass is 9.83. The van der Waals surface area contributed by atoms with Crippen LogP contribution in [0.15, 0.2) is 29.3 Å². The number of methoxy groups -OCH3 is 1. The van der Waals surface area contributed by atoms with E-state index in [2.05, 4.69) is 22.5 Å². The van der Waals surface area contributed by atoms with Crippen molar-refractivity contribution < 1.29 is 14.2 Å². The van der Waals surface area contributed by atoms with E-state index in [1.54, 1.807) is 14.2 Å². The lowest BCUT2D eigenvalue weighted by Crippen LogP contribution is -2.44. The average molecular weight is 505 g/mol. The number of benzene rings is 1. The Morgan fingerprint density at radius 2 is 1.89 bits per heavy atom. The zero-order valence-electron chi connectivity index (χ0n) is 17.5. The molecule has 0 bridgehead atoms. The summed E-state index contributed by atoms with van der Waals surface area (Å²) in [5, 5.41) is 6.83. The molecule has 0 spiro atoms. The van der Waals surface area contributed by atoms with Gasteiger partial charge in [-0.1, -0.05) is 18.9 Å². The zero-order valence-corrected chi connectivity index (χ0v) is 19.8. The van der Waals surface area contributed by atoms with Crippen molar-refractivity contribution in [2.24, 2.45) is 10.4 Å². The average Bonchev–Trinajstić information content (AvgIpc) is 3.17. The minimum Gasteiger partial charge on any atom is -0.497 e. The van der Waals surface area contributed by atoms with E-state index in [0.29, 0.717) is 18.6 Å². The molecule has 0 saturated heterocycles. The van der Waals surface area contributed by atoms with Gasteiger partial charge in [-0.25, -0.2) is 0 Å². The Hall–Kier alpha value is -1.22. The van der Waals surface area contributed by atoms with Crippen molar-refractivity contribution in [3.05, 3.63) is 24.3 Å². The molecule has 1 aromatic carbocycles. The summed E-state index contributed by atoms with van der Waals surface area (Å²) < 4.78 is 16.6. The molecule has 0 radical (unpaired) electrons. The van der Waals surface area contributed by atoms with Crippen LogP contribution in [0.5, 0.6) is 11.5 Å². The van der Waals surface area contributed by atoms with Crippen LogP contribution < -0.4 is 20.1 Å². The maximum Gasteiger partial charge on any atom is 0.191 e. The summed E-state index contributed by atoms with van der Waals surface area (Å²) in [6.07, 6.45) is 6.28. The molecule has 1 aromatic rings. The van der Waals surface area contributed by atoms with Gasteiger partial charge in [0.15, 0.2) is 5.96 Å². The number of hydrogen-bond acceptors (Lipinski definition) is 4. The molecule has 0 aromatic heterocycles. The lowest BCUT2D eigenvalue weighted by Gasteiger charge is -2.30. The van der Waals surface area contributed by atoms with Crippen molar-refractivity contribution in [1.82, 2.24) is 10.6 Å². The predicted octanol–water partition coefficient (Wildman–Crippen LogP) is 3.84. The quantitative estimate of drug-likeness (QED) is 0.207. The highest BCUT2D eigenvalue weighted by Crippen LogP contribution is 2.40. The minimum absolute atomic E-state index is 0. The highest BCUT2D eigenvalue weighted by Gasteiger charge is 2.33. The van der Waals surface area contributed by atoms with E-state index in [0.717, 1.165) is 43.6 Å². The van der Waals surface area contributed by atoms with Gasteiger partial charge in [-0.2, -0.15) is 0 Å². The van der Waals surface area contributed by atoms with Crippen LogP contribution in [0.3, 0.4) is 0 Å². The fourth-order valence-corrected chi connectivity index (χ4v) is 3.59. The Labute approximate surface area is 186 Å². The second-order valence-electron chi connectivity index (χ2n) is 7.03. The van der Waals surface area contributed by atoms with E-state index >= 15 is 0 Å². The van der Waals surface area contributed by atoms with E-state index in [4.69, 9.17) is 14.2 Å². The summed E-state index contributed by atoms with van der Waals surface area (Å²) in [4.78, 5) is 4.34. The third-order valence-electron chi connectivity index (χ3n) is 5.20. The number of hydrogen-bond donors (Lipinski definition) is 2. The van der Waals surface area contributed by atoms with Crippen LogP contribution in [-0.2, 0) is 4.74 Å². The summed E-state index contributed by atoms with van der Waals surface area (Å²) >= 11 is 0. The van der Waals surface area contributed by atoms with Gasteiger partial charge in [-0.05, 0) is 43.7 Å². The third kappa shape index (κ3) is 8.43. The maximum absolute atomic E-state index is 5.76. The molecule has 6 nitrogen and oxygen atoms in total. The molecule has 2 N–H and O–H groups in total. The minimum atomic E-state index is 0. The highest BCUT2D eigenvalue weighted by molar-refractivity contribution is 14.0. The van der Waals surface area contributed by atoms with E-state index in [1.165, 1.54) is 25.7 Å². The molecule has 7 heteroatoms. The van der Waals surface area contributed by atoms with E-state index < -0.39 is 0 Å². The Morgan fingerprint density at radius 1 is 1.14 bits per heavy atom. The van der Waals surface area contributed by atoms with E-state index in [-0.39, 0.29) is 24.0 Å². The molecule has 0 amide bonds. The first kappa shape index (κ1) is 24.8. The second-order valence-corrected chi connectivity index (χ2v) is 7.03. The summed E-state index contributed by atoms with van der Waals surface area (Å²) in [6, 6.07) is 7.64. The monoisotopic (exact) mass is 505 g/mol. The van der Waals surface area contributed by atoms with Gasteiger partial charge in [0.2, 0.25) is 0 Å². The second kappa shape index (κ2) is 13.9. The molecule has 1 aliphatic carbocycles. The fraction of sp³-hybridized carbons (Fsp3) is 0.667. The number of guanidine groups is 1. The number of nitrogens with one attached hydrogen (secondary N) is 2. The van der Waals surface area contributed by atoms with Gasteiger partial charge < -0.3 is 24.8 Å². The van der Waals surface area contributed by atoms with Crippen molar-refractivity contribution >= 4 is 29.9 Å². The molecule has 0 heterocycles. The molecule has 0 aliphatic heterocycles. The smallest absolute Gasteiger partial charge is 0.191 e. The molecule has 0 unspecified atom stereocenters. The third-order valence-corrected chi connectivity index (χ3v) is 5.20. The first-order valence-corrected chi connectivity index (χ1v) is 10.0. The van der Waals surface area contributed by atoms with Gasteiger partial charge in [-0.15, -0.1) is 24.0 Å². The van der Waals surface area contributed by atoms with Gasteiger partial charge >= 0.3 is 0 Å². The molecule has 0 atom stereocenters. The first-order chi connectivity index (χ1) is 13.2. The van der Waals surface area contributed by atoms with E-state index in [9.17, 15) is 0 Å². The SMILES string of the molecule is CCOCCC1(CNC(=NC)NCCOc2cccc(OC)c2)CCCC1.I. The number of rotatable bonds is 11. The predicted molar refractivity (Wildman–Crippen MR) is 125 cm³/mol. The van der Waals surface area contributed by atoms with Gasteiger partial charge in [-0.3, -0.25) is 4.99 Å². The Bertz CT molecular complexity index is 578. The molecular formula is C21H36IN3O3. The maximum atomic E-state index is 5.76. The molecule has 1 aliphatic rings. The molecular weight excluding hydrogens is 469 g/mol. The number of nitrogens with zero attached hydrogens (tertiary/aromatic N) is 1. The lowest BCUT2D eigenvalue weighted by molar-refractivity contribution is 0.105. The summed E-state index contributed by atoms with van der Waals surface area (Å²) in [5.41, 5.74) is 0.337. The summed E-state index contributed by atoms with van der Waals surface area (Å²) in [6.45, 7) is 5.88. The van der Waals surface area contributed by atoms with Crippen LogP contribution >= 0.6 is 24.0 Å².